The molecular weight excluding hydrogens is 333 g/mol. The minimum Gasteiger partial charge on any atom is -0.381 e. The van der Waals surface area contributed by atoms with E-state index in [2.05, 4.69) is 16.3 Å². The summed E-state index contributed by atoms with van der Waals surface area (Å²) in [4.78, 5) is 15.3. The van der Waals surface area contributed by atoms with Gasteiger partial charge in [-0.15, -0.1) is 0 Å². The number of nitrogens with one attached hydrogen (secondary N) is 1. The van der Waals surface area contributed by atoms with E-state index < -0.39 is 5.41 Å². The van der Waals surface area contributed by atoms with Crippen LogP contribution in [0.5, 0.6) is 0 Å². The lowest BCUT2D eigenvalue weighted by atomic mass is 9.73. The lowest BCUT2D eigenvalue weighted by Gasteiger charge is -2.39. The second kappa shape index (κ2) is 6.98. The average molecular weight is 357 g/mol. The summed E-state index contributed by atoms with van der Waals surface area (Å²) in [6, 6.07) is 6.72. The minimum atomic E-state index is -0.423. The number of fused-ring (bicyclic) bond motifs is 1. The molecule has 1 aliphatic carbocycles. The van der Waals surface area contributed by atoms with Gasteiger partial charge in [0.05, 0.1) is 23.7 Å². The van der Waals surface area contributed by atoms with Crippen molar-refractivity contribution in [2.24, 2.45) is 11.3 Å². The number of halogens is 1. The molecule has 2 aliphatic heterocycles. The summed E-state index contributed by atoms with van der Waals surface area (Å²) < 4.78 is 19.3. The number of carbonyl (C=O) groups is 1. The van der Waals surface area contributed by atoms with Crippen molar-refractivity contribution in [1.82, 2.24) is 10.2 Å². The SMILES string of the molecule is N#Cc1ccc(F)cc1CN1CC2COCCC2(C(=O)NC2CCC2)C1. The van der Waals surface area contributed by atoms with Gasteiger partial charge in [-0.2, -0.15) is 5.26 Å². The standard InChI is InChI=1S/C20H24FN3O2/c21-17-5-4-14(9-22)15(8-17)10-24-11-16-12-26-7-6-20(16,13-24)19(25)23-18-2-1-3-18/h4-5,8,16,18H,1-3,6-7,10-13H2,(H,23,25). The number of amides is 1. The van der Waals surface area contributed by atoms with E-state index in [-0.39, 0.29) is 17.6 Å². The Balaban J connectivity index is 1.52. The van der Waals surface area contributed by atoms with E-state index >= 15 is 0 Å². The van der Waals surface area contributed by atoms with E-state index in [1.54, 1.807) is 0 Å². The Morgan fingerprint density at radius 3 is 3.04 bits per heavy atom. The molecule has 3 fully saturated rings. The molecule has 26 heavy (non-hydrogen) atoms. The van der Waals surface area contributed by atoms with E-state index in [9.17, 15) is 14.4 Å². The number of carbonyl (C=O) groups excluding carboxylic acids is 1. The van der Waals surface area contributed by atoms with Crippen molar-refractivity contribution < 1.29 is 13.9 Å². The summed E-state index contributed by atoms with van der Waals surface area (Å²) in [5.74, 6) is -0.0374. The molecule has 0 radical (unpaired) electrons. The third-order valence-corrected chi connectivity index (χ3v) is 6.25. The highest BCUT2D eigenvalue weighted by Gasteiger charge is 2.53. The van der Waals surface area contributed by atoms with Gasteiger partial charge in [0.25, 0.3) is 0 Å². The maximum absolute atomic E-state index is 13.6. The zero-order valence-electron chi connectivity index (χ0n) is 14.8. The maximum atomic E-state index is 13.6. The first-order chi connectivity index (χ1) is 12.6. The van der Waals surface area contributed by atoms with Crippen molar-refractivity contribution in [3.63, 3.8) is 0 Å². The van der Waals surface area contributed by atoms with Crippen molar-refractivity contribution in [2.75, 3.05) is 26.3 Å². The van der Waals surface area contributed by atoms with Crippen LogP contribution in [0.3, 0.4) is 0 Å². The maximum Gasteiger partial charge on any atom is 0.228 e. The Labute approximate surface area is 153 Å². The van der Waals surface area contributed by atoms with Crippen LogP contribution >= 0.6 is 0 Å². The van der Waals surface area contributed by atoms with E-state index in [4.69, 9.17) is 4.74 Å². The van der Waals surface area contributed by atoms with Crippen molar-refractivity contribution in [2.45, 2.75) is 38.3 Å². The van der Waals surface area contributed by atoms with Gasteiger partial charge < -0.3 is 10.1 Å². The molecule has 2 unspecified atom stereocenters. The number of hydrogen-bond acceptors (Lipinski definition) is 4. The largest absolute Gasteiger partial charge is 0.381 e. The molecule has 138 valence electrons. The molecule has 1 amide bonds. The highest BCUT2D eigenvalue weighted by atomic mass is 19.1. The van der Waals surface area contributed by atoms with Crippen molar-refractivity contribution >= 4 is 5.91 Å². The number of rotatable bonds is 4. The fourth-order valence-corrected chi connectivity index (χ4v) is 4.47. The predicted octanol–water partition coefficient (Wildman–Crippen LogP) is 2.20. The third-order valence-electron chi connectivity index (χ3n) is 6.25. The molecule has 2 saturated heterocycles. The van der Waals surface area contributed by atoms with E-state index in [0.29, 0.717) is 43.5 Å². The first-order valence-electron chi connectivity index (χ1n) is 9.40. The van der Waals surface area contributed by atoms with Gasteiger partial charge in [0, 0.05) is 38.2 Å². The summed E-state index contributed by atoms with van der Waals surface area (Å²) in [5, 5.41) is 12.5. The van der Waals surface area contributed by atoms with Crippen LogP contribution in [0.4, 0.5) is 4.39 Å². The number of likely N-dealkylation sites (tertiary alicyclic amines) is 1. The molecule has 5 nitrogen and oxygen atoms in total. The molecule has 1 N–H and O–H groups in total. The van der Waals surface area contributed by atoms with Crippen LogP contribution in [-0.2, 0) is 16.1 Å². The Bertz CT molecular complexity index is 743. The van der Waals surface area contributed by atoms with Crippen LogP contribution in [0.2, 0.25) is 0 Å². The summed E-state index contributed by atoms with van der Waals surface area (Å²) in [6.07, 6.45) is 4.05. The molecule has 2 atom stereocenters. The first kappa shape index (κ1) is 17.4. The van der Waals surface area contributed by atoms with Crippen LogP contribution in [0.25, 0.3) is 0 Å². The molecule has 0 spiro atoms. The molecule has 0 aromatic heterocycles. The van der Waals surface area contributed by atoms with Crippen LogP contribution in [0, 0.1) is 28.5 Å². The van der Waals surface area contributed by atoms with Gasteiger partial charge in [0.15, 0.2) is 0 Å². The topological polar surface area (TPSA) is 65.4 Å². The Morgan fingerprint density at radius 1 is 1.46 bits per heavy atom. The first-order valence-corrected chi connectivity index (χ1v) is 9.40. The van der Waals surface area contributed by atoms with Gasteiger partial charge in [-0.05, 0) is 49.4 Å². The number of nitrogens with zero attached hydrogens (tertiary/aromatic N) is 2. The van der Waals surface area contributed by atoms with Gasteiger partial charge in [0.2, 0.25) is 5.91 Å². The molecule has 1 aromatic rings. The number of hydrogen-bond donors (Lipinski definition) is 1. The van der Waals surface area contributed by atoms with Gasteiger partial charge in [-0.25, -0.2) is 4.39 Å². The van der Waals surface area contributed by atoms with Gasteiger partial charge in [0.1, 0.15) is 5.82 Å². The predicted molar refractivity (Wildman–Crippen MR) is 93.5 cm³/mol. The average Bonchev–Trinajstić information content (AvgIpc) is 2.97. The normalized spacial score (nSPS) is 28.8. The van der Waals surface area contributed by atoms with E-state index in [1.165, 1.54) is 24.6 Å². The monoisotopic (exact) mass is 357 g/mol. The van der Waals surface area contributed by atoms with Gasteiger partial charge in [-0.1, -0.05) is 0 Å². The van der Waals surface area contributed by atoms with Crippen molar-refractivity contribution in [3.05, 3.63) is 35.1 Å². The summed E-state index contributed by atoms with van der Waals surface area (Å²) >= 11 is 0. The summed E-state index contributed by atoms with van der Waals surface area (Å²) in [6.45, 7) is 3.05. The fourth-order valence-electron chi connectivity index (χ4n) is 4.47. The third kappa shape index (κ3) is 3.10. The van der Waals surface area contributed by atoms with Crippen LogP contribution in [0.15, 0.2) is 18.2 Å². The van der Waals surface area contributed by atoms with E-state index in [0.717, 1.165) is 25.8 Å². The zero-order valence-corrected chi connectivity index (χ0v) is 14.8. The summed E-state index contributed by atoms with van der Waals surface area (Å²) in [5.41, 5.74) is 0.751. The highest BCUT2D eigenvalue weighted by Crippen LogP contribution is 2.43. The molecule has 0 bridgehead atoms. The van der Waals surface area contributed by atoms with Gasteiger partial charge >= 0.3 is 0 Å². The minimum absolute atomic E-state index is 0.149. The molecule has 6 heteroatoms. The number of benzene rings is 1. The zero-order chi connectivity index (χ0) is 18.1. The van der Waals surface area contributed by atoms with E-state index in [1.807, 2.05) is 0 Å². The van der Waals surface area contributed by atoms with Crippen molar-refractivity contribution in [3.8, 4) is 6.07 Å². The van der Waals surface area contributed by atoms with Gasteiger partial charge in [-0.3, -0.25) is 9.69 Å². The lowest BCUT2D eigenvalue weighted by Crippen LogP contribution is -2.54. The Hall–Kier alpha value is -1.97. The quantitative estimate of drug-likeness (QED) is 0.897. The lowest BCUT2D eigenvalue weighted by molar-refractivity contribution is -0.140. The Morgan fingerprint density at radius 2 is 2.31 bits per heavy atom. The second-order valence-corrected chi connectivity index (χ2v) is 7.86. The molecule has 3 aliphatic rings. The molecule has 2 heterocycles. The smallest absolute Gasteiger partial charge is 0.228 e. The number of nitriles is 1. The highest BCUT2D eigenvalue weighted by molar-refractivity contribution is 5.84. The molecular formula is C20H24FN3O2. The van der Waals surface area contributed by atoms with Crippen LogP contribution in [0.1, 0.15) is 36.8 Å². The van der Waals surface area contributed by atoms with Crippen molar-refractivity contribution in [1.29, 1.82) is 5.26 Å². The number of ether oxygens (including phenoxy) is 1. The molecule has 4 rings (SSSR count). The van der Waals surface area contributed by atoms with Crippen LogP contribution < -0.4 is 5.32 Å². The Kier molecular flexibility index (Phi) is 4.68. The molecule has 1 saturated carbocycles. The second-order valence-electron chi connectivity index (χ2n) is 7.86. The fraction of sp³-hybridized carbons (Fsp3) is 0.600. The summed E-state index contributed by atoms with van der Waals surface area (Å²) in [7, 11) is 0. The molecule has 1 aromatic carbocycles. The van der Waals surface area contributed by atoms with Crippen LogP contribution in [-0.4, -0.2) is 43.2 Å².